The van der Waals surface area contributed by atoms with Gasteiger partial charge in [-0.05, 0) is 19.8 Å². The summed E-state index contributed by atoms with van der Waals surface area (Å²) in [6.45, 7) is 4.53. The summed E-state index contributed by atoms with van der Waals surface area (Å²) in [5.41, 5.74) is 0. The maximum absolute atomic E-state index is 14.1. The van der Waals surface area contributed by atoms with E-state index in [2.05, 4.69) is 32.1 Å². The average molecular weight is 395 g/mol. The predicted octanol–water partition coefficient (Wildman–Crippen LogP) is 2.47. The van der Waals surface area contributed by atoms with Crippen molar-refractivity contribution in [3.05, 3.63) is 23.2 Å². The fraction of sp³-hybridized carbons (Fsp3) is 0.529. The number of nitrogens with zero attached hydrogens (tertiary/aromatic N) is 4. The molecule has 0 saturated carbocycles. The number of anilines is 1. The van der Waals surface area contributed by atoms with E-state index in [0.717, 1.165) is 24.2 Å². The average Bonchev–Trinajstić information content (AvgIpc) is 2.96. The number of aromatic nitrogens is 3. The number of ether oxygens (including phenoxy) is 2. The van der Waals surface area contributed by atoms with Crippen LogP contribution in [0.1, 0.15) is 31.6 Å². The lowest BCUT2D eigenvalue weighted by Crippen LogP contribution is -2.45. The lowest BCUT2D eigenvalue weighted by atomic mass is 10.0. The molecule has 2 aromatic heterocycles. The van der Waals surface area contributed by atoms with E-state index in [9.17, 15) is 9.18 Å². The second kappa shape index (κ2) is 8.57. The number of carbonyl (C=O) groups is 1. The first kappa shape index (κ1) is 19.4. The van der Waals surface area contributed by atoms with Crippen molar-refractivity contribution in [1.29, 1.82) is 0 Å². The number of halogens is 1. The molecule has 0 unspecified atom stereocenters. The largest absolute Gasteiger partial charge is 0.481 e. The van der Waals surface area contributed by atoms with Gasteiger partial charge in [-0.1, -0.05) is 11.3 Å². The van der Waals surface area contributed by atoms with Gasteiger partial charge in [0, 0.05) is 26.1 Å². The molecular formula is C17H22FN5O3S. The minimum Gasteiger partial charge on any atom is -0.481 e. The number of hydrogen-bond acceptors (Lipinski definition) is 8. The van der Waals surface area contributed by atoms with E-state index >= 15 is 0 Å². The topological polar surface area (TPSA) is 89.5 Å². The van der Waals surface area contributed by atoms with Gasteiger partial charge in [0.1, 0.15) is 12.4 Å². The van der Waals surface area contributed by atoms with Crippen LogP contribution in [0.3, 0.4) is 0 Å². The molecule has 146 valence electrons. The first-order valence-corrected chi connectivity index (χ1v) is 9.45. The van der Waals surface area contributed by atoms with Crippen LogP contribution >= 0.6 is 11.3 Å². The number of nitrogens with one attached hydrogen (secondary N) is 1. The van der Waals surface area contributed by atoms with Gasteiger partial charge in [-0.25, -0.2) is 9.97 Å². The Morgan fingerprint density at radius 1 is 1.41 bits per heavy atom. The Morgan fingerprint density at radius 3 is 2.93 bits per heavy atom. The zero-order valence-corrected chi connectivity index (χ0v) is 16.3. The molecule has 2 atom stereocenters. The molecule has 10 heteroatoms. The molecule has 0 radical (unpaired) electrons. The fourth-order valence-corrected chi connectivity index (χ4v) is 3.86. The normalized spacial score (nSPS) is 20.3. The van der Waals surface area contributed by atoms with Crippen molar-refractivity contribution in [2.75, 3.05) is 19.0 Å². The van der Waals surface area contributed by atoms with Crippen LogP contribution in [-0.2, 0) is 11.3 Å². The summed E-state index contributed by atoms with van der Waals surface area (Å²) in [5.74, 6) is 0.0893. The van der Waals surface area contributed by atoms with Gasteiger partial charge in [0.05, 0.1) is 18.1 Å². The molecule has 1 aliphatic heterocycles. The summed E-state index contributed by atoms with van der Waals surface area (Å²) in [7, 11) is 1.54. The smallest absolute Gasteiger partial charge is 0.230 e. The fourth-order valence-electron chi connectivity index (χ4n) is 2.95. The summed E-state index contributed by atoms with van der Waals surface area (Å²) < 4.78 is 25.2. The molecule has 1 fully saturated rings. The Kier molecular flexibility index (Phi) is 6.17. The van der Waals surface area contributed by atoms with Gasteiger partial charge in [0.25, 0.3) is 0 Å². The Morgan fingerprint density at radius 2 is 2.19 bits per heavy atom. The second-order valence-electron chi connectivity index (χ2n) is 6.41. The Balaban J connectivity index is 1.65. The molecule has 0 aliphatic carbocycles. The third kappa shape index (κ3) is 5.10. The number of carbonyl (C=O) groups excluding carboxylic acids is 1. The van der Waals surface area contributed by atoms with E-state index in [1.54, 1.807) is 6.07 Å². The minimum absolute atomic E-state index is 0.0633. The third-order valence-electron chi connectivity index (χ3n) is 4.36. The van der Waals surface area contributed by atoms with E-state index in [-0.39, 0.29) is 23.2 Å². The number of rotatable bonds is 6. The third-order valence-corrected chi connectivity index (χ3v) is 5.29. The van der Waals surface area contributed by atoms with Crippen molar-refractivity contribution in [3.63, 3.8) is 0 Å². The van der Waals surface area contributed by atoms with Crippen LogP contribution in [0.4, 0.5) is 9.52 Å². The molecule has 2 aromatic rings. The van der Waals surface area contributed by atoms with Gasteiger partial charge in [-0.2, -0.15) is 9.37 Å². The van der Waals surface area contributed by atoms with Gasteiger partial charge in [-0.3, -0.25) is 9.69 Å². The van der Waals surface area contributed by atoms with Crippen LogP contribution in [-0.4, -0.2) is 51.6 Å². The lowest BCUT2D eigenvalue weighted by Gasteiger charge is -2.37. The molecule has 1 amide bonds. The minimum atomic E-state index is -0.542. The van der Waals surface area contributed by atoms with Crippen molar-refractivity contribution in [2.45, 2.75) is 45.4 Å². The summed E-state index contributed by atoms with van der Waals surface area (Å²) >= 11 is 1.16. The maximum atomic E-state index is 14.1. The number of methoxy groups -OCH3 is 1. The SMILES string of the molecule is COc1cc(O[C@@H]2CC[C@H](C)N(Cc3sc(NC(C)=O)nc3F)C2)ncn1. The van der Waals surface area contributed by atoms with Gasteiger partial charge < -0.3 is 14.8 Å². The quantitative estimate of drug-likeness (QED) is 0.804. The van der Waals surface area contributed by atoms with Gasteiger partial charge in [-0.15, -0.1) is 0 Å². The summed E-state index contributed by atoms with van der Waals surface area (Å²) in [6.07, 6.45) is 3.14. The van der Waals surface area contributed by atoms with Crippen LogP contribution in [0.15, 0.2) is 12.4 Å². The maximum Gasteiger partial charge on any atom is 0.230 e. The van der Waals surface area contributed by atoms with Crippen LogP contribution in [0.5, 0.6) is 11.8 Å². The van der Waals surface area contributed by atoms with E-state index in [4.69, 9.17) is 9.47 Å². The van der Waals surface area contributed by atoms with Crippen LogP contribution in [0.2, 0.25) is 0 Å². The Labute approximate surface area is 160 Å². The number of thiazole rings is 1. The molecule has 8 nitrogen and oxygen atoms in total. The number of amides is 1. The summed E-state index contributed by atoms with van der Waals surface area (Å²) in [6, 6.07) is 1.93. The molecule has 0 aromatic carbocycles. The van der Waals surface area contributed by atoms with Crippen LogP contribution in [0, 0.1) is 5.95 Å². The highest BCUT2D eigenvalue weighted by Crippen LogP contribution is 2.28. The highest BCUT2D eigenvalue weighted by atomic mass is 32.1. The molecular weight excluding hydrogens is 373 g/mol. The van der Waals surface area contributed by atoms with Crippen molar-refractivity contribution < 1.29 is 18.7 Å². The monoisotopic (exact) mass is 395 g/mol. The van der Waals surface area contributed by atoms with Crippen LogP contribution < -0.4 is 14.8 Å². The zero-order valence-electron chi connectivity index (χ0n) is 15.4. The van der Waals surface area contributed by atoms with Gasteiger partial charge >= 0.3 is 0 Å². The van der Waals surface area contributed by atoms with E-state index in [1.165, 1.54) is 20.4 Å². The van der Waals surface area contributed by atoms with Crippen molar-refractivity contribution >= 4 is 22.4 Å². The highest BCUT2D eigenvalue weighted by Gasteiger charge is 2.28. The number of hydrogen-bond donors (Lipinski definition) is 1. The lowest BCUT2D eigenvalue weighted by molar-refractivity contribution is -0.114. The Bertz CT molecular complexity index is 803. The van der Waals surface area contributed by atoms with Crippen molar-refractivity contribution in [3.8, 4) is 11.8 Å². The van der Waals surface area contributed by atoms with Crippen molar-refractivity contribution in [1.82, 2.24) is 19.9 Å². The first-order chi connectivity index (χ1) is 12.9. The summed E-state index contributed by atoms with van der Waals surface area (Å²) in [4.78, 5) is 25.6. The number of piperidine rings is 1. The standard InChI is InChI=1S/C17H22FN5O3S/c1-10-4-5-12(26-15-6-14(25-3)19-9-20-15)7-23(10)8-13-16(18)22-17(27-13)21-11(2)24/h6,9-10,12H,4-5,7-8H2,1-3H3,(H,21,22,24)/t10-,12+/m0/s1. The zero-order chi connectivity index (χ0) is 19.4. The molecule has 0 spiro atoms. The van der Waals surface area contributed by atoms with E-state index in [1.807, 2.05) is 0 Å². The second-order valence-corrected chi connectivity index (χ2v) is 7.49. The molecule has 0 bridgehead atoms. The van der Waals surface area contributed by atoms with E-state index in [0.29, 0.717) is 29.7 Å². The Hall–Kier alpha value is -2.33. The molecule has 1 N–H and O–H groups in total. The van der Waals surface area contributed by atoms with Gasteiger partial charge in [0.2, 0.25) is 23.6 Å². The molecule has 3 rings (SSSR count). The predicted molar refractivity (Wildman–Crippen MR) is 98.5 cm³/mol. The number of likely N-dealkylation sites (tertiary alicyclic amines) is 1. The van der Waals surface area contributed by atoms with Crippen LogP contribution in [0.25, 0.3) is 0 Å². The van der Waals surface area contributed by atoms with Gasteiger partial charge in [0.15, 0.2) is 5.13 Å². The molecule has 1 saturated heterocycles. The molecule has 1 aliphatic rings. The van der Waals surface area contributed by atoms with E-state index < -0.39 is 5.95 Å². The van der Waals surface area contributed by atoms with Crippen molar-refractivity contribution in [2.24, 2.45) is 0 Å². The molecule has 3 heterocycles. The highest BCUT2D eigenvalue weighted by molar-refractivity contribution is 7.15. The summed E-state index contributed by atoms with van der Waals surface area (Å²) in [5, 5.41) is 2.80. The first-order valence-electron chi connectivity index (χ1n) is 8.64. The molecule has 27 heavy (non-hydrogen) atoms.